The summed E-state index contributed by atoms with van der Waals surface area (Å²) < 4.78 is 6.01. The molecule has 20 heavy (non-hydrogen) atoms. The molecule has 1 heterocycles. The van der Waals surface area contributed by atoms with Gasteiger partial charge in [-0.05, 0) is 62.6 Å². The second-order valence-electron chi connectivity index (χ2n) is 5.93. The van der Waals surface area contributed by atoms with Crippen LogP contribution in [0.3, 0.4) is 0 Å². The van der Waals surface area contributed by atoms with E-state index in [1.54, 1.807) is 12.1 Å². The summed E-state index contributed by atoms with van der Waals surface area (Å²) in [6, 6.07) is 7.34. The smallest absolute Gasteiger partial charge is 0.132 e. The van der Waals surface area contributed by atoms with E-state index in [2.05, 4.69) is 0 Å². The first kappa shape index (κ1) is 12.9. The van der Waals surface area contributed by atoms with Crippen molar-refractivity contribution in [3.63, 3.8) is 0 Å². The molecule has 3 rings (SSSR count). The van der Waals surface area contributed by atoms with Crippen LogP contribution < -0.4 is 4.74 Å². The minimum atomic E-state index is -0.546. The SMILES string of the molecule is Cc1cc2c(cc1O)OC(C)(C)c1cc(O)c(C)cc1-2. The van der Waals surface area contributed by atoms with E-state index in [4.69, 9.17) is 4.74 Å². The Hall–Kier alpha value is -2.16. The number of phenols is 2. The summed E-state index contributed by atoms with van der Waals surface area (Å²) in [4.78, 5) is 0. The number of hydrogen-bond donors (Lipinski definition) is 2. The molecule has 3 heteroatoms. The van der Waals surface area contributed by atoms with Gasteiger partial charge in [0.05, 0.1) is 0 Å². The van der Waals surface area contributed by atoms with Crippen molar-refractivity contribution in [2.24, 2.45) is 0 Å². The van der Waals surface area contributed by atoms with Crippen LogP contribution in [0.15, 0.2) is 24.3 Å². The average molecular weight is 270 g/mol. The second kappa shape index (κ2) is 3.92. The maximum Gasteiger partial charge on any atom is 0.132 e. The summed E-state index contributed by atoms with van der Waals surface area (Å²) in [7, 11) is 0. The highest BCUT2D eigenvalue weighted by molar-refractivity contribution is 5.79. The molecule has 0 saturated carbocycles. The van der Waals surface area contributed by atoms with Crippen molar-refractivity contribution in [3.8, 4) is 28.4 Å². The van der Waals surface area contributed by atoms with Gasteiger partial charge >= 0.3 is 0 Å². The summed E-state index contributed by atoms with van der Waals surface area (Å²) in [6.45, 7) is 7.66. The van der Waals surface area contributed by atoms with Gasteiger partial charge in [-0.1, -0.05) is 0 Å². The Morgan fingerprint density at radius 3 is 2.05 bits per heavy atom. The van der Waals surface area contributed by atoms with E-state index in [-0.39, 0.29) is 11.5 Å². The zero-order chi connectivity index (χ0) is 14.7. The quantitative estimate of drug-likeness (QED) is 0.760. The number of hydrogen-bond acceptors (Lipinski definition) is 3. The molecule has 1 aliphatic heterocycles. The molecule has 2 aromatic rings. The van der Waals surface area contributed by atoms with Crippen LogP contribution in [0.4, 0.5) is 0 Å². The highest BCUT2D eigenvalue weighted by Crippen LogP contribution is 2.48. The number of aromatic hydroxyl groups is 2. The Morgan fingerprint density at radius 1 is 0.850 bits per heavy atom. The molecule has 0 fully saturated rings. The highest BCUT2D eigenvalue weighted by Gasteiger charge is 2.33. The fourth-order valence-corrected chi connectivity index (χ4v) is 2.72. The van der Waals surface area contributed by atoms with Crippen molar-refractivity contribution in [1.29, 1.82) is 0 Å². The topological polar surface area (TPSA) is 49.7 Å². The third-order valence-corrected chi connectivity index (χ3v) is 3.94. The van der Waals surface area contributed by atoms with Crippen molar-refractivity contribution < 1.29 is 14.9 Å². The third kappa shape index (κ3) is 1.73. The van der Waals surface area contributed by atoms with Gasteiger partial charge in [0.2, 0.25) is 0 Å². The van der Waals surface area contributed by atoms with Gasteiger partial charge in [0.25, 0.3) is 0 Å². The zero-order valence-corrected chi connectivity index (χ0v) is 12.1. The lowest BCUT2D eigenvalue weighted by molar-refractivity contribution is 0.105. The van der Waals surface area contributed by atoms with Crippen molar-refractivity contribution in [3.05, 3.63) is 41.0 Å². The molecule has 1 aliphatic rings. The first-order valence-corrected chi connectivity index (χ1v) is 6.66. The van der Waals surface area contributed by atoms with Gasteiger partial charge in [0, 0.05) is 17.2 Å². The van der Waals surface area contributed by atoms with Crippen LogP contribution in [0.2, 0.25) is 0 Å². The predicted molar refractivity (Wildman–Crippen MR) is 78.3 cm³/mol. The van der Waals surface area contributed by atoms with Crippen LogP contribution in [0, 0.1) is 13.8 Å². The summed E-state index contributed by atoms with van der Waals surface area (Å²) >= 11 is 0. The zero-order valence-electron chi connectivity index (χ0n) is 12.1. The lowest BCUT2D eigenvalue weighted by Crippen LogP contribution is -2.29. The molecule has 0 aliphatic carbocycles. The van der Waals surface area contributed by atoms with Crippen LogP contribution in [0.25, 0.3) is 11.1 Å². The molecule has 3 nitrogen and oxygen atoms in total. The standard InChI is InChI=1S/C17H18O3/c1-9-5-11-12-6-10(2)15(19)8-16(12)20-17(3,4)13(11)7-14(9)18/h5-8,18-19H,1-4H3. The van der Waals surface area contributed by atoms with Crippen LogP contribution in [0.5, 0.6) is 17.2 Å². The van der Waals surface area contributed by atoms with Gasteiger partial charge in [-0.3, -0.25) is 0 Å². The first-order chi connectivity index (χ1) is 9.29. The van der Waals surface area contributed by atoms with Crippen LogP contribution in [-0.2, 0) is 5.60 Å². The molecule has 104 valence electrons. The molecular formula is C17H18O3. The molecule has 2 aromatic carbocycles. The minimum Gasteiger partial charge on any atom is -0.508 e. The minimum absolute atomic E-state index is 0.235. The Labute approximate surface area is 118 Å². The van der Waals surface area contributed by atoms with E-state index in [9.17, 15) is 10.2 Å². The molecule has 2 N–H and O–H groups in total. The predicted octanol–water partition coefficient (Wildman–Crippen LogP) is 4.01. The van der Waals surface area contributed by atoms with Crippen molar-refractivity contribution in [1.82, 2.24) is 0 Å². The van der Waals surface area contributed by atoms with Crippen molar-refractivity contribution in [2.45, 2.75) is 33.3 Å². The number of phenolic OH excluding ortho intramolecular Hbond substituents is 2. The molecule has 0 unspecified atom stereocenters. The lowest BCUT2D eigenvalue weighted by atomic mass is 9.84. The molecule has 0 bridgehead atoms. The maximum atomic E-state index is 9.96. The van der Waals surface area contributed by atoms with E-state index < -0.39 is 5.60 Å². The maximum absolute atomic E-state index is 9.96. The van der Waals surface area contributed by atoms with Gasteiger partial charge in [0.15, 0.2) is 0 Å². The first-order valence-electron chi connectivity index (χ1n) is 6.66. The van der Waals surface area contributed by atoms with E-state index in [0.29, 0.717) is 5.75 Å². The van der Waals surface area contributed by atoms with Gasteiger partial charge in [-0.15, -0.1) is 0 Å². The average Bonchev–Trinajstić information content (AvgIpc) is 2.34. The second-order valence-corrected chi connectivity index (χ2v) is 5.93. The molecule has 0 radical (unpaired) electrons. The fourth-order valence-electron chi connectivity index (χ4n) is 2.72. The fraction of sp³-hybridized carbons (Fsp3) is 0.294. The van der Waals surface area contributed by atoms with Gasteiger partial charge < -0.3 is 14.9 Å². The number of aryl methyl sites for hydroxylation is 2. The summed E-state index contributed by atoms with van der Waals surface area (Å²) in [6.07, 6.45) is 0. The number of ether oxygens (including phenoxy) is 1. The van der Waals surface area contributed by atoms with Crippen LogP contribution in [0.1, 0.15) is 30.5 Å². The third-order valence-electron chi connectivity index (χ3n) is 3.94. The summed E-state index contributed by atoms with van der Waals surface area (Å²) in [5.41, 5.74) is 4.06. The molecule has 0 saturated heterocycles. The van der Waals surface area contributed by atoms with Gasteiger partial charge in [-0.2, -0.15) is 0 Å². The monoisotopic (exact) mass is 270 g/mol. The van der Waals surface area contributed by atoms with E-state index >= 15 is 0 Å². The molecule has 0 aromatic heterocycles. The molecular weight excluding hydrogens is 252 g/mol. The largest absolute Gasteiger partial charge is 0.508 e. The Kier molecular flexibility index (Phi) is 2.52. The highest BCUT2D eigenvalue weighted by atomic mass is 16.5. The van der Waals surface area contributed by atoms with E-state index in [1.165, 1.54) is 0 Å². The van der Waals surface area contributed by atoms with Crippen LogP contribution in [-0.4, -0.2) is 10.2 Å². The lowest BCUT2D eigenvalue weighted by Gasteiger charge is -2.35. The summed E-state index contributed by atoms with van der Waals surface area (Å²) in [5, 5.41) is 19.8. The van der Waals surface area contributed by atoms with E-state index in [1.807, 2.05) is 39.8 Å². The number of benzene rings is 2. The molecule has 0 atom stereocenters. The van der Waals surface area contributed by atoms with Crippen molar-refractivity contribution in [2.75, 3.05) is 0 Å². The Morgan fingerprint density at radius 2 is 1.40 bits per heavy atom. The van der Waals surface area contributed by atoms with Gasteiger partial charge in [0.1, 0.15) is 22.8 Å². The van der Waals surface area contributed by atoms with Crippen LogP contribution >= 0.6 is 0 Å². The van der Waals surface area contributed by atoms with E-state index in [0.717, 1.165) is 27.8 Å². The molecule has 0 amide bonds. The Bertz CT molecular complexity index is 715. The summed E-state index contributed by atoms with van der Waals surface area (Å²) in [5.74, 6) is 1.19. The molecule has 0 spiro atoms. The number of rotatable bonds is 0. The van der Waals surface area contributed by atoms with Gasteiger partial charge in [-0.25, -0.2) is 0 Å². The number of fused-ring (bicyclic) bond motifs is 3. The normalized spacial score (nSPS) is 15.2. The van der Waals surface area contributed by atoms with Crippen molar-refractivity contribution >= 4 is 0 Å². The Balaban J connectivity index is 2.36.